The lowest BCUT2D eigenvalue weighted by molar-refractivity contribution is -0.121. The van der Waals surface area contributed by atoms with Crippen molar-refractivity contribution >= 4 is 29.3 Å². The zero-order valence-corrected chi connectivity index (χ0v) is 20.2. The molecule has 1 aliphatic heterocycles. The first-order valence-electron chi connectivity index (χ1n) is 10.4. The lowest BCUT2D eigenvalue weighted by atomic mass is 9.87. The molecule has 0 bridgehead atoms. The van der Waals surface area contributed by atoms with E-state index in [0.29, 0.717) is 22.1 Å². The molecule has 0 unspecified atom stereocenters. The molecule has 0 fully saturated rings. The summed E-state index contributed by atoms with van der Waals surface area (Å²) in [4.78, 5) is 25.1. The maximum absolute atomic E-state index is 12.6. The van der Waals surface area contributed by atoms with E-state index in [4.69, 9.17) is 9.47 Å². The maximum atomic E-state index is 12.6. The van der Waals surface area contributed by atoms with Crippen LogP contribution in [0, 0.1) is 32.1 Å². The number of nitrogens with one attached hydrogen (secondary N) is 2. The van der Waals surface area contributed by atoms with Gasteiger partial charge < -0.3 is 20.1 Å². The monoisotopic (exact) mass is 465 g/mol. The molecular weight excluding hydrogens is 438 g/mol. The zero-order valence-electron chi connectivity index (χ0n) is 19.4. The number of ether oxygens (including phenoxy) is 2. The van der Waals surface area contributed by atoms with E-state index < -0.39 is 5.92 Å². The molecule has 7 nitrogen and oxygen atoms in total. The summed E-state index contributed by atoms with van der Waals surface area (Å²) < 4.78 is 10.7. The van der Waals surface area contributed by atoms with Crippen molar-refractivity contribution in [3.05, 3.63) is 63.2 Å². The summed E-state index contributed by atoms with van der Waals surface area (Å²) in [5, 5.41) is 16.0. The van der Waals surface area contributed by atoms with Crippen LogP contribution in [0.1, 0.15) is 34.6 Å². The molecule has 2 aromatic carbocycles. The first-order valence-corrected chi connectivity index (χ1v) is 11.4. The molecule has 0 spiro atoms. The second-order valence-electron chi connectivity index (χ2n) is 7.88. The number of aryl methyl sites for hydroxylation is 3. The number of amides is 2. The predicted molar refractivity (Wildman–Crippen MR) is 129 cm³/mol. The standard InChI is InChI=1S/C25H27N3O4S/c1-14-8-15(2)24(16(3)9-14)27-23(30)13-33-25-19(12-26)18(11-22(29)28-25)17-6-7-20(31-4)21(10-17)32-5/h6-10,18H,11,13H2,1-5H3,(H,27,30)(H,28,29)/t18-/m0/s1. The van der Waals surface area contributed by atoms with Crippen LogP contribution in [0.3, 0.4) is 0 Å². The Morgan fingerprint density at radius 1 is 1.15 bits per heavy atom. The number of rotatable bonds is 7. The number of methoxy groups -OCH3 is 2. The van der Waals surface area contributed by atoms with Gasteiger partial charge in [0.1, 0.15) is 0 Å². The van der Waals surface area contributed by atoms with Crippen LogP contribution < -0.4 is 20.1 Å². The van der Waals surface area contributed by atoms with E-state index in [2.05, 4.69) is 16.7 Å². The second-order valence-corrected chi connectivity index (χ2v) is 8.87. The van der Waals surface area contributed by atoms with Crippen molar-refractivity contribution in [3.8, 4) is 17.6 Å². The molecule has 0 saturated heterocycles. The highest BCUT2D eigenvalue weighted by Crippen LogP contribution is 2.39. The van der Waals surface area contributed by atoms with E-state index in [-0.39, 0.29) is 24.0 Å². The third-order valence-electron chi connectivity index (χ3n) is 5.46. The molecule has 33 heavy (non-hydrogen) atoms. The van der Waals surface area contributed by atoms with Crippen molar-refractivity contribution in [1.82, 2.24) is 5.32 Å². The third kappa shape index (κ3) is 5.49. The number of nitrogens with zero attached hydrogens (tertiary/aromatic N) is 1. The van der Waals surface area contributed by atoms with E-state index in [0.717, 1.165) is 39.7 Å². The Morgan fingerprint density at radius 2 is 1.82 bits per heavy atom. The molecule has 0 saturated carbocycles. The van der Waals surface area contributed by atoms with Gasteiger partial charge in [-0.2, -0.15) is 5.26 Å². The fourth-order valence-electron chi connectivity index (χ4n) is 3.98. The van der Waals surface area contributed by atoms with Gasteiger partial charge in [-0.25, -0.2) is 0 Å². The Morgan fingerprint density at radius 3 is 2.42 bits per heavy atom. The molecule has 1 atom stereocenters. The summed E-state index contributed by atoms with van der Waals surface area (Å²) in [5.74, 6) is 0.305. The molecule has 0 radical (unpaired) electrons. The van der Waals surface area contributed by atoms with Crippen LogP contribution in [0.2, 0.25) is 0 Å². The number of hydrogen-bond donors (Lipinski definition) is 2. The highest BCUT2D eigenvalue weighted by molar-refractivity contribution is 8.03. The van der Waals surface area contributed by atoms with Gasteiger partial charge in [0, 0.05) is 18.0 Å². The molecule has 3 rings (SSSR count). The van der Waals surface area contributed by atoms with Crippen molar-refractivity contribution in [1.29, 1.82) is 5.26 Å². The molecule has 2 aromatic rings. The molecule has 2 N–H and O–H groups in total. The lowest BCUT2D eigenvalue weighted by Gasteiger charge is -2.25. The van der Waals surface area contributed by atoms with E-state index >= 15 is 0 Å². The van der Waals surface area contributed by atoms with Crippen LogP contribution >= 0.6 is 11.8 Å². The first kappa shape index (κ1) is 24.2. The summed E-state index contributed by atoms with van der Waals surface area (Å²) in [5.41, 5.74) is 5.09. The highest BCUT2D eigenvalue weighted by atomic mass is 32.2. The van der Waals surface area contributed by atoms with Gasteiger partial charge in [0.25, 0.3) is 0 Å². The summed E-state index contributed by atoms with van der Waals surface area (Å²) in [6.07, 6.45) is 0.135. The fraction of sp³-hybridized carbons (Fsp3) is 0.320. The minimum absolute atomic E-state index is 0.0617. The fourth-order valence-corrected chi connectivity index (χ4v) is 4.85. The molecular formula is C25H27N3O4S. The van der Waals surface area contributed by atoms with Gasteiger partial charge >= 0.3 is 0 Å². The normalized spacial score (nSPS) is 15.5. The van der Waals surface area contributed by atoms with Crippen molar-refractivity contribution < 1.29 is 19.1 Å². The highest BCUT2D eigenvalue weighted by Gasteiger charge is 2.30. The van der Waals surface area contributed by atoms with E-state index in [1.54, 1.807) is 19.2 Å². The number of benzene rings is 2. The zero-order chi connectivity index (χ0) is 24.1. The first-order chi connectivity index (χ1) is 15.8. The number of carbonyl (C=O) groups is 2. The molecule has 0 aromatic heterocycles. The van der Waals surface area contributed by atoms with Gasteiger partial charge in [-0.3, -0.25) is 9.59 Å². The number of carbonyl (C=O) groups excluding carboxylic acids is 2. The Labute approximate surface area is 198 Å². The van der Waals surface area contributed by atoms with Crippen molar-refractivity contribution in [3.63, 3.8) is 0 Å². The molecule has 8 heteroatoms. The van der Waals surface area contributed by atoms with Gasteiger partial charge in [-0.1, -0.05) is 35.5 Å². The van der Waals surface area contributed by atoms with Crippen LogP contribution in [-0.4, -0.2) is 31.8 Å². The predicted octanol–water partition coefficient (Wildman–Crippen LogP) is 4.34. The third-order valence-corrected chi connectivity index (χ3v) is 6.47. The Bertz CT molecular complexity index is 1140. The summed E-state index contributed by atoms with van der Waals surface area (Å²) >= 11 is 1.15. The van der Waals surface area contributed by atoms with Crippen molar-refractivity contribution in [2.45, 2.75) is 33.1 Å². The molecule has 2 amide bonds. The Hall–Kier alpha value is -3.44. The lowest BCUT2D eigenvalue weighted by Crippen LogP contribution is -2.31. The van der Waals surface area contributed by atoms with E-state index in [1.165, 1.54) is 7.11 Å². The van der Waals surface area contributed by atoms with Gasteiger partial charge in [-0.15, -0.1) is 0 Å². The largest absolute Gasteiger partial charge is 0.493 e. The summed E-state index contributed by atoms with van der Waals surface area (Å²) in [6, 6.07) is 11.6. The SMILES string of the molecule is COc1ccc([C@@H]2CC(=O)NC(SCC(=O)Nc3c(C)cc(C)cc3C)=C2C#N)cc1OC. The molecule has 0 aliphatic carbocycles. The van der Waals surface area contributed by atoms with Crippen LogP contribution in [0.5, 0.6) is 11.5 Å². The average molecular weight is 466 g/mol. The van der Waals surface area contributed by atoms with E-state index in [9.17, 15) is 14.9 Å². The number of hydrogen-bond acceptors (Lipinski definition) is 6. The van der Waals surface area contributed by atoms with Gasteiger partial charge in [0.15, 0.2) is 11.5 Å². The Balaban J connectivity index is 1.81. The Kier molecular flexibility index (Phi) is 7.67. The average Bonchev–Trinajstić information content (AvgIpc) is 2.79. The number of nitriles is 1. The second kappa shape index (κ2) is 10.5. The quantitative estimate of drug-likeness (QED) is 0.631. The molecule has 1 heterocycles. The van der Waals surface area contributed by atoms with Gasteiger partial charge in [0.05, 0.1) is 36.6 Å². The van der Waals surface area contributed by atoms with Gasteiger partial charge in [-0.05, 0) is 49.6 Å². The summed E-state index contributed by atoms with van der Waals surface area (Å²) in [6.45, 7) is 5.92. The minimum Gasteiger partial charge on any atom is -0.493 e. The smallest absolute Gasteiger partial charge is 0.234 e. The minimum atomic E-state index is -0.435. The number of anilines is 1. The van der Waals surface area contributed by atoms with Crippen LogP contribution in [0.15, 0.2) is 40.9 Å². The van der Waals surface area contributed by atoms with Crippen LogP contribution in [-0.2, 0) is 9.59 Å². The van der Waals surface area contributed by atoms with E-state index in [1.807, 2.05) is 39.0 Å². The van der Waals surface area contributed by atoms with Crippen LogP contribution in [0.4, 0.5) is 5.69 Å². The molecule has 1 aliphatic rings. The maximum Gasteiger partial charge on any atom is 0.234 e. The topological polar surface area (TPSA) is 100 Å². The molecule has 172 valence electrons. The van der Waals surface area contributed by atoms with Gasteiger partial charge in [0.2, 0.25) is 11.8 Å². The number of allylic oxidation sites excluding steroid dienone is 1. The van der Waals surface area contributed by atoms with Crippen molar-refractivity contribution in [2.75, 3.05) is 25.3 Å². The number of thioether (sulfide) groups is 1. The van der Waals surface area contributed by atoms with Crippen LogP contribution in [0.25, 0.3) is 0 Å². The van der Waals surface area contributed by atoms with Crippen molar-refractivity contribution in [2.24, 2.45) is 0 Å². The summed E-state index contributed by atoms with van der Waals surface area (Å²) in [7, 11) is 3.08.